The van der Waals surface area contributed by atoms with Gasteiger partial charge in [0.05, 0.1) is 23.7 Å². The number of nitro groups is 1. The molecule has 1 saturated heterocycles. The smallest absolute Gasteiger partial charge is 0.269 e. The van der Waals surface area contributed by atoms with Crippen molar-refractivity contribution in [3.05, 3.63) is 58.6 Å². The zero-order chi connectivity index (χ0) is 22.7. The van der Waals surface area contributed by atoms with E-state index in [0.717, 1.165) is 38.0 Å². The number of non-ortho nitro benzene ring substituents is 1. The molecule has 168 valence electrons. The standard InChI is InChI=1S/C23H26N4O5/c1-24(17-9-11-18(12-10-17)27(30)31)22(28)16-26-15-21(23(29)25-13-5-2-6-14-25)32-20-8-4-3-7-19(20)26/h3-4,7-12,21H,2,5-6,13-16H2,1H3. The first-order valence-electron chi connectivity index (χ1n) is 10.7. The molecule has 9 nitrogen and oxygen atoms in total. The van der Waals surface area contributed by atoms with Gasteiger partial charge in [-0.2, -0.15) is 0 Å². The van der Waals surface area contributed by atoms with Crippen LogP contribution < -0.4 is 14.5 Å². The zero-order valence-electron chi connectivity index (χ0n) is 18.0. The van der Waals surface area contributed by atoms with Gasteiger partial charge in [0.1, 0.15) is 5.75 Å². The van der Waals surface area contributed by atoms with Crippen LogP contribution in [0.3, 0.4) is 0 Å². The Morgan fingerprint density at radius 2 is 1.78 bits per heavy atom. The monoisotopic (exact) mass is 438 g/mol. The Morgan fingerprint density at radius 1 is 1.09 bits per heavy atom. The van der Waals surface area contributed by atoms with Crippen LogP contribution in [0.15, 0.2) is 48.5 Å². The molecule has 2 aromatic carbocycles. The molecule has 2 heterocycles. The van der Waals surface area contributed by atoms with Gasteiger partial charge in [-0.1, -0.05) is 12.1 Å². The molecule has 1 unspecified atom stereocenters. The molecule has 4 rings (SSSR count). The van der Waals surface area contributed by atoms with Crippen molar-refractivity contribution in [1.82, 2.24) is 4.90 Å². The number of nitro benzene ring substituents is 1. The number of hydrogen-bond donors (Lipinski definition) is 0. The summed E-state index contributed by atoms with van der Waals surface area (Å²) in [5, 5.41) is 10.9. The molecule has 2 aliphatic heterocycles. The summed E-state index contributed by atoms with van der Waals surface area (Å²) in [4.78, 5) is 41.7. The number of anilines is 2. The molecule has 0 radical (unpaired) electrons. The molecule has 0 spiro atoms. The SMILES string of the molecule is CN(C(=O)CN1CC(C(=O)N2CCCCC2)Oc2ccccc21)c1ccc([N+](=O)[O-])cc1. The van der Waals surface area contributed by atoms with Crippen LogP contribution in [0.25, 0.3) is 0 Å². The van der Waals surface area contributed by atoms with Gasteiger partial charge in [-0.25, -0.2) is 0 Å². The average Bonchev–Trinajstić information content (AvgIpc) is 2.83. The van der Waals surface area contributed by atoms with E-state index in [1.807, 2.05) is 34.1 Å². The number of likely N-dealkylation sites (tertiary alicyclic amines) is 1. The van der Waals surface area contributed by atoms with Crippen molar-refractivity contribution in [1.29, 1.82) is 0 Å². The second-order valence-corrected chi connectivity index (χ2v) is 8.07. The Morgan fingerprint density at radius 3 is 2.47 bits per heavy atom. The molecule has 0 saturated carbocycles. The van der Waals surface area contributed by atoms with E-state index in [1.165, 1.54) is 17.0 Å². The molecular formula is C23H26N4O5. The molecule has 0 bridgehead atoms. The molecule has 0 aliphatic carbocycles. The van der Waals surface area contributed by atoms with Crippen LogP contribution in [0, 0.1) is 10.1 Å². The number of rotatable bonds is 5. The molecule has 2 aromatic rings. The van der Waals surface area contributed by atoms with E-state index >= 15 is 0 Å². The van der Waals surface area contributed by atoms with E-state index in [0.29, 0.717) is 11.4 Å². The maximum absolute atomic E-state index is 13.1. The van der Waals surface area contributed by atoms with E-state index in [1.54, 1.807) is 19.2 Å². The first-order chi connectivity index (χ1) is 15.4. The van der Waals surface area contributed by atoms with Gasteiger partial charge in [-0.3, -0.25) is 19.7 Å². The summed E-state index contributed by atoms with van der Waals surface area (Å²) in [6.45, 7) is 1.81. The van der Waals surface area contributed by atoms with Gasteiger partial charge < -0.3 is 19.4 Å². The van der Waals surface area contributed by atoms with Crippen molar-refractivity contribution < 1.29 is 19.2 Å². The van der Waals surface area contributed by atoms with Gasteiger partial charge in [0, 0.05) is 38.0 Å². The van der Waals surface area contributed by atoms with Crippen LogP contribution >= 0.6 is 0 Å². The number of piperidine rings is 1. The highest BCUT2D eigenvalue weighted by Gasteiger charge is 2.35. The van der Waals surface area contributed by atoms with Crippen LogP contribution in [-0.2, 0) is 9.59 Å². The molecule has 1 fully saturated rings. The molecule has 0 N–H and O–H groups in total. The number of hydrogen-bond acceptors (Lipinski definition) is 6. The van der Waals surface area contributed by atoms with Crippen molar-refractivity contribution in [2.24, 2.45) is 0 Å². The number of benzene rings is 2. The molecule has 1 atom stereocenters. The minimum absolute atomic E-state index is 0.0317. The average molecular weight is 438 g/mol. The first kappa shape index (κ1) is 21.6. The van der Waals surface area contributed by atoms with Gasteiger partial charge in [0.2, 0.25) is 5.91 Å². The summed E-state index contributed by atoms with van der Waals surface area (Å²) in [6, 6.07) is 13.2. The Hall–Kier alpha value is -3.62. The van der Waals surface area contributed by atoms with Crippen molar-refractivity contribution in [2.45, 2.75) is 25.4 Å². The topological polar surface area (TPSA) is 96.2 Å². The molecule has 2 amide bonds. The number of carbonyl (C=O) groups excluding carboxylic acids is 2. The van der Waals surface area contributed by atoms with Crippen LogP contribution in [0.5, 0.6) is 5.75 Å². The Kier molecular flexibility index (Phi) is 6.25. The molecule has 0 aromatic heterocycles. The van der Waals surface area contributed by atoms with Crippen molar-refractivity contribution in [3.8, 4) is 5.75 Å². The maximum atomic E-state index is 13.1. The predicted molar refractivity (Wildman–Crippen MR) is 120 cm³/mol. The summed E-state index contributed by atoms with van der Waals surface area (Å²) >= 11 is 0. The summed E-state index contributed by atoms with van der Waals surface area (Å²) in [7, 11) is 1.63. The predicted octanol–water partition coefficient (Wildman–Crippen LogP) is 2.84. The summed E-state index contributed by atoms with van der Waals surface area (Å²) in [6.07, 6.45) is 2.46. The quantitative estimate of drug-likeness (QED) is 0.526. The lowest BCUT2D eigenvalue weighted by Crippen LogP contribution is -2.53. The minimum Gasteiger partial charge on any atom is -0.477 e. The van der Waals surface area contributed by atoms with E-state index in [4.69, 9.17) is 4.74 Å². The summed E-state index contributed by atoms with van der Waals surface area (Å²) < 4.78 is 6.02. The third kappa shape index (κ3) is 4.51. The fourth-order valence-electron chi connectivity index (χ4n) is 4.11. The number of fused-ring (bicyclic) bond motifs is 1. The van der Waals surface area contributed by atoms with Crippen LogP contribution in [0.1, 0.15) is 19.3 Å². The molecule has 2 aliphatic rings. The van der Waals surface area contributed by atoms with Gasteiger partial charge >= 0.3 is 0 Å². The fraction of sp³-hybridized carbons (Fsp3) is 0.391. The molecule has 32 heavy (non-hydrogen) atoms. The number of ether oxygens (including phenoxy) is 1. The van der Waals surface area contributed by atoms with Gasteiger partial charge in [-0.15, -0.1) is 0 Å². The van der Waals surface area contributed by atoms with Gasteiger partial charge in [-0.05, 0) is 43.5 Å². The lowest BCUT2D eigenvalue weighted by molar-refractivity contribution is -0.384. The van der Waals surface area contributed by atoms with E-state index < -0.39 is 11.0 Å². The highest BCUT2D eigenvalue weighted by molar-refractivity contribution is 5.96. The Bertz CT molecular complexity index is 1000. The van der Waals surface area contributed by atoms with Crippen molar-refractivity contribution in [2.75, 3.05) is 43.0 Å². The highest BCUT2D eigenvalue weighted by Crippen LogP contribution is 2.34. The number of para-hydroxylation sites is 2. The third-order valence-electron chi connectivity index (χ3n) is 5.95. The van der Waals surface area contributed by atoms with E-state index in [-0.39, 0.29) is 30.6 Å². The lowest BCUT2D eigenvalue weighted by atomic mass is 10.1. The second-order valence-electron chi connectivity index (χ2n) is 8.07. The highest BCUT2D eigenvalue weighted by atomic mass is 16.6. The van der Waals surface area contributed by atoms with Crippen LogP contribution in [-0.4, -0.2) is 61.0 Å². The summed E-state index contributed by atoms with van der Waals surface area (Å²) in [5.41, 5.74) is 1.29. The van der Waals surface area contributed by atoms with Crippen LogP contribution in [0.4, 0.5) is 17.1 Å². The minimum atomic E-state index is -0.666. The molecular weight excluding hydrogens is 412 g/mol. The molecule has 9 heteroatoms. The van der Waals surface area contributed by atoms with Crippen molar-refractivity contribution >= 4 is 28.9 Å². The Labute approximate surface area is 186 Å². The third-order valence-corrected chi connectivity index (χ3v) is 5.95. The maximum Gasteiger partial charge on any atom is 0.269 e. The first-order valence-corrected chi connectivity index (χ1v) is 10.7. The number of carbonyl (C=O) groups is 2. The van der Waals surface area contributed by atoms with Crippen molar-refractivity contribution in [3.63, 3.8) is 0 Å². The van der Waals surface area contributed by atoms with Gasteiger partial charge in [0.25, 0.3) is 11.6 Å². The lowest BCUT2D eigenvalue weighted by Gasteiger charge is -2.38. The largest absolute Gasteiger partial charge is 0.477 e. The van der Waals surface area contributed by atoms with Crippen LogP contribution in [0.2, 0.25) is 0 Å². The normalized spacial score (nSPS) is 17.8. The second kappa shape index (κ2) is 9.25. The fourth-order valence-corrected chi connectivity index (χ4v) is 4.11. The summed E-state index contributed by atoms with van der Waals surface area (Å²) in [5.74, 6) is 0.347. The van der Waals surface area contributed by atoms with E-state index in [9.17, 15) is 19.7 Å². The zero-order valence-corrected chi connectivity index (χ0v) is 18.0. The number of likely N-dealkylation sites (N-methyl/N-ethyl adjacent to an activating group) is 1. The van der Waals surface area contributed by atoms with Gasteiger partial charge in [0.15, 0.2) is 6.10 Å². The van der Waals surface area contributed by atoms with E-state index in [2.05, 4.69) is 0 Å². The number of nitrogens with zero attached hydrogens (tertiary/aromatic N) is 4. The Balaban J connectivity index is 1.50. The number of amides is 2.